The molecule has 2 aromatic rings. The maximum absolute atomic E-state index is 11.7. The van der Waals surface area contributed by atoms with Crippen LogP contribution in [0.25, 0.3) is 0 Å². The average molecular weight is 373 g/mol. The van der Waals surface area contributed by atoms with Crippen molar-refractivity contribution < 1.29 is 13.7 Å². The summed E-state index contributed by atoms with van der Waals surface area (Å²) in [4.78, 5) is 4.02. The van der Waals surface area contributed by atoms with Gasteiger partial charge in [0, 0.05) is 25.4 Å². The van der Waals surface area contributed by atoms with E-state index in [1.807, 2.05) is 19.4 Å². The molecule has 3 heterocycles. The lowest BCUT2D eigenvalue weighted by molar-refractivity contribution is -0.671. The molecule has 3 rings (SSSR count). The number of imidazole rings is 1. The fourth-order valence-electron chi connectivity index (χ4n) is 3.08. The van der Waals surface area contributed by atoms with Gasteiger partial charge in [-0.05, 0) is 13.3 Å². The summed E-state index contributed by atoms with van der Waals surface area (Å²) in [6.07, 6.45) is 7.20. The Bertz CT molecular complexity index is 785. The first-order chi connectivity index (χ1) is 11.5. The van der Waals surface area contributed by atoms with Crippen molar-refractivity contribution in [3.8, 4) is 0 Å². The molecule has 0 radical (unpaired) electrons. The molecule has 0 unspecified atom stereocenters. The zero-order chi connectivity index (χ0) is 17.2. The van der Waals surface area contributed by atoms with Gasteiger partial charge in [0.2, 0.25) is 0 Å². The highest BCUT2D eigenvalue weighted by molar-refractivity contribution is 7.91. The van der Waals surface area contributed by atoms with Crippen LogP contribution in [-0.4, -0.2) is 45.8 Å². The van der Waals surface area contributed by atoms with Crippen LogP contribution in [0.15, 0.2) is 18.7 Å². The van der Waals surface area contributed by atoms with E-state index in [-0.39, 0.29) is 17.5 Å². The van der Waals surface area contributed by atoms with E-state index < -0.39 is 9.84 Å². The Balaban J connectivity index is 1.54. The summed E-state index contributed by atoms with van der Waals surface area (Å²) in [7, 11) is -2.94. The predicted molar refractivity (Wildman–Crippen MR) is 91.6 cm³/mol. The summed E-state index contributed by atoms with van der Waals surface area (Å²) in [5, 5.41) is 7.28. The van der Waals surface area contributed by atoms with Gasteiger partial charge in [-0.2, -0.15) is 5.10 Å². The third-order valence-corrected chi connectivity index (χ3v) is 6.58. The Labute approximate surface area is 146 Å². The van der Waals surface area contributed by atoms with Crippen molar-refractivity contribution in [2.24, 2.45) is 0 Å². The molecule has 9 heteroatoms. The van der Waals surface area contributed by atoms with E-state index in [4.69, 9.17) is 11.6 Å². The van der Waals surface area contributed by atoms with Crippen molar-refractivity contribution in [2.75, 3.05) is 18.1 Å². The zero-order valence-corrected chi connectivity index (χ0v) is 15.3. The van der Waals surface area contributed by atoms with Crippen molar-refractivity contribution in [1.82, 2.24) is 19.3 Å². The van der Waals surface area contributed by atoms with E-state index in [0.29, 0.717) is 11.6 Å². The molecule has 1 fully saturated rings. The van der Waals surface area contributed by atoms with Crippen LogP contribution in [0.2, 0.25) is 5.15 Å². The van der Waals surface area contributed by atoms with E-state index >= 15 is 0 Å². The van der Waals surface area contributed by atoms with Crippen LogP contribution in [0.3, 0.4) is 0 Å². The first-order valence-corrected chi connectivity index (χ1v) is 10.4. The molecule has 1 aliphatic rings. The van der Waals surface area contributed by atoms with Crippen LogP contribution in [0.1, 0.15) is 30.1 Å². The van der Waals surface area contributed by atoms with Crippen LogP contribution in [0.4, 0.5) is 0 Å². The van der Waals surface area contributed by atoms with Crippen molar-refractivity contribution in [1.29, 1.82) is 0 Å². The van der Waals surface area contributed by atoms with E-state index in [9.17, 15) is 8.42 Å². The SMILES string of the molecule is Cc1nn([C@H]2CCS(=O)(=O)C2)c(Cl)c1C[NH2+]CCCn1ccnc1. The lowest BCUT2D eigenvalue weighted by atomic mass is 10.2. The molecule has 7 nitrogen and oxygen atoms in total. The molecule has 0 amide bonds. The second-order valence-corrected chi connectivity index (χ2v) is 8.88. The topological polar surface area (TPSA) is 86.4 Å². The Kier molecular flexibility index (Phi) is 5.27. The quantitative estimate of drug-likeness (QED) is 0.719. The molecule has 0 aromatic carbocycles. The van der Waals surface area contributed by atoms with Gasteiger partial charge in [-0.15, -0.1) is 0 Å². The van der Waals surface area contributed by atoms with Gasteiger partial charge < -0.3 is 9.88 Å². The number of aryl methyl sites for hydroxylation is 2. The first-order valence-electron chi connectivity index (χ1n) is 8.17. The third-order valence-electron chi connectivity index (χ3n) is 4.43. The Hall–Kier alpha value is -1.38. The highest BCUT2D eigenvalue weighted by Crippen LogP contribution is 2.29. The Morgan fingerprint density at radius 1 is 1.46 bits per heavy atom. The highest BCUT2D eigenvalue weighted by Gasteiger charge is 2.32. The van der Waals surface area contributed by atoms with E-state index in [0.717, 1.165) is 37.3 Å². The number of aromatic nitrogens is 4. The molecular formula is C15H23ClN5O2S+. The molecule has 1 saturated heterocycles. The molecular weight excluding hydrogens is 350 g/mol. The van der Waals surface area contributed by atoms with Crippen molar-refractivity contribution in [2.45, 2.75) is 38.9 Å². The van der Waals surface area contributed by atoms with Gasteiger partial charge in [0.05, 0.1) is 41.7 Å². The molecule has 2 aromatic heterocycles. The monoisotopic (exact) mass is 372 g/mol. The van der Waals surface area contributed by atoms with Gasteiger partial charge in [0.1, 0.15) is 11.7 Å². The van der Waals surface area contributed by atoms with Crippen molar-refractivity contribution in [3.63, 3.8) is 0 Å². The molecule has 0 spiro atoms. The lowest BCUT2D eigenvalue weighted by Gasteiger charge is -2.09. The lowest BCUT2D eigenvalue weighted by Crippen LogP contribution is -2.82. The summed E-state index contributed by atoms with van der Waals surface area (Å²) in [6, 6.07) is -0.129. The van der Waals surface area contributed by atoms with Crippen molar-refractivity contribution in [3.05, 3.63) is 35.1 Å². The van der Waals surface area contributed by atoms with Crippen LogP contribution < -0.4 is 5.32 Å². The second-order valence-electron chi connectivity index (χ2n) is 6.29. The third kappa shape index (κ3) is 3.99. The average Bonchev–Trinajstić information content (AvgIpc) is 3.22. The molecule has 132 valence electrons. The minimum absolute atomic E-state index is 0.129. The van der Waals surface area contributed by atoms with Crippen molar-refractivity contribution >= 4 is 21.4 Å². The summed E-state index contributed by atoms with van der Waals surface area (Å²) in [5.41, 5.74) is 1.89. The van der Waals surface area contributed by atoms with Gasteiger partial charge in [-0.3, -0.25) is 0 Å². The van der Waals surface area contributed by atoms with Gasteiger partial charge >= 0.3 is 0 Å². The zero-order valence-electron chi connectivity index (χ0n) is 13.7. The molecule has 24 heavy (non-hydrogen) atoms. The number of rotatable bonds is 7. The molecule has 0 aliphatic carbocycles. The van der Waals surface area contributed by atoms with Crippen LogP contribution in [0.5, 0.6) is 0 Å². The highest BCUT2D eigenvalue weighted by atomic mass is 35.5. The smallest absolute Gasteiger partial charge is 0.152 e. The standard InChI is InChI=1S/C15H22ClN5O2S/c1-12-14(9-17-4-2-6-20-7-5-18-11-20)15(16)21(19-12)13-3-8-24(22,23)10-13/h5,7,11,13,17H,2-4,6,8-10H2,1H3/p+1/t13-/m0/s1. The fourth-order valence-corrected chi connectivity index (χ4v) is 5.16. The molecule has 0 saturated carbocycles. The minimum atomic E-state index is -2.94. The normalized spacial score (nSPS) is 19.8. The summed E-state index contributed by atoms with van der Waals surface area (Å²) >= 11 is 6.47. The number of quaternary nitrogens is 1. The molecule has 1 atom stereocenters. The van der Waals surface area contributed by atoms with Gasteiger partial charge in [-0.25, -0.2) is 18.1 Å². The van der Waals surface area contributed by atoms with Gasteiger partial charge in [0.15, 0.2) is 9.84 Å². The molecule has 2 N–H and O–H groups in total. The second kappa shape index (κ2) is 7.25. The predicted octanol–water partition coefficient (Wildman–Crippen LogP) is 0.555. The number of hydrogen-bond donors (Lipinski definition) is 1. The molecule has 1 aliphatic heterocycles. The number of nitrogens with zero attached hydrogens (tertiary/aromatic N) is 4. The van der Waals surface area contributed by atoms with Gasteiger partial charge in [0.25, 0.3) is 0 Å². The fraction of sp³-hybridized carbons (Fsp3) is 0.600. The number of halogens is 1. The van der Waals surface area contributed by atoms with E-state index in [1.54, 1.807) is 10.9 Å². The Morgan fingerprint density at radius 2 is 2.29 bits per heavy atom. The van der Waals surface area contributed by atoms with Gasteiger partial charge in [-0.1, -0.05) is 11.6 Å². The number of hydrogen-bond acceptors (Lipinski definition) is 4. The van der Waals surface area contributed by atoms with Crippen LogP contribution in [0, 0.1) is 6.92 Å². The first kappa shape index (κ1) is 17.4. The van der Waals surface area contributed by atoms with E-state index in [2.05, 4.69) is 20.0 Å². The summed E-state index contributed by atoms with van der Waals surface area (Å²) in [5.74, 6) is 0.366. The number of sulfone groups is 1. The maximum Gasteiger partial charge on any atom is 0.152 e. The Morgan fingerprint density at radius 3 is 2.96 bits per heavy atom. The maximum atomic E-state index is 11.7. The van der Waals surface area contributed by atoms with E-state index in [1.165, 1.54) is 0 Å². The largest absolute Gasteiger partial charge is 0.342 e. The number of nitrogens with two attached hydrogens (primary N) is 1. The van der Waals surface area contributed by atoms with Crippen LogP contribution >= 0.6 is 11.6 Å². The summed E-state index contributed by atoms with van der Waals surface area (Å²) < 4.78 is 27.1. The molecule has 0 bridgehead atoms. The van der Waals surface area contributed by atoms with Crippen LogP contribution in [-0.2, 0) is 22.9 Å². The minimum Gasteiger partial charge on any atom is -0.342 e. The summed E-state index contributed by atoms with van der Waals surface area (Å²) in [6.45, 7) is 4.62.